The Hall–Kier alpha value is -3.36. The maximum atomic E-state index is 12.9. The molecule has 2 N–H and O–H groups in total. The lowest BCUT2D eigenvalue weighted by atomic mass is 9.96. The summed E-state index contributed by atoms with van der Waals surface area (Å²) < 4.78 is 6.97. The number of anilines is 1. The number of rotatable bonds is 9. The number of hydrogen-bond acceptors (Lipinski definition) is 8. The normalized spacial score (nSPS) is 13.5. The molecular weight excluding hydrogens is 508 g/mol. The van der Waals surface area contributed by atoms with Gasteiger partial charge in [0.15, 0.2) is 11.0 Å². The molecule has 0 saturated carbocycles. The third-order valence-corrected chi connectivity index (χ3v) is 8.55. The molecule has 0 bridgehead atoms. The monoisotopic (exact) mass is 538 g/mol. The quantitative estimate of drug-likeness (QED) is 0.385. The Labute approximate surface area is 224 Å². The van der Waals surface area contributed by atoms with Gasteiger partial charge in [0, 0.05) is 17.5 Å². The summed E-state index contributed by atoms with van der Waals surface area (Å²) in [6, 6.07) is 8.81. The van der Waals surface area contributed by atoms with Crippen LogP contribution < -0.4 is 15.4 Å². The molecule has 11 heteroatoms. The topological polar surface area (TPSA) is 122 Å². The molecule has 1 unspecified atom stereocenters. The highest BCUT2D eigenvalue weighted by atomic mass is 32.2. The van der Waals surface area contributed by atoms with E-state index in [1.165, 1.54) is 28.0 Å². The van der Waals surface area contributed by atoms with Crippen molar-refractivity contribution in [2.24, 2.45) is 13.0 Å². The van der Waals surface area contributed by atoms with Crippen molar-refractivity contribution in [3.63, 3.8) is 0 Å². The number of thiophene rings is 1. The van der Waals surface area contributed by atoms with Crippen molar-refractivity contribution in [3.05, 3.63) is 51.7 Å². The number of benzene rings is 1. The molecule has 194 valence electrons. The van der Waals surface area contributed by atoms with Gasteiger partial charge in [0.05, 0.1) is 24.5 Å². The number of thioether (sulfide) groups is 1. The fourth-order valence-corrected chi connectivity index (χ4v) is 6.26. The molecule has 0 spiro atoms. The molecule has 1 aliphatic rings. The minimum Gasteiger partial charge on any atom is -0.497 e. The highest BCUT2D eigenvalue weighted by Crippen LogP contribution is 2.37. The number of hydrogen-bond donors (Lipinski definition) is 2. The minimum absolute atomic E-state index is 0.0560. The maximum absolute atomic E-state index is 12.9. The third-order valence-electron chi connectivity index (χ3n) is 6.32. The molecule has 1 aromatic carbocycles. The Balaban J connectivity index is 1.41. The molecule has 4 rings (SSSR count). The van der Waals surface area contributed by atoms with Crippen LogP contribution in [-0.2, 0) is 24.7 Å². The zero-order valence-corrected chi connectivity index (χ0v) is 23.0. The summed E-state index contributed by atoms with van der Waals surface area (Å²) in [6.45, 7) is 4.00. The van der Waals surface area contributed by atoms with Crippen LogP contribution in [0.5, 0.6) is 5.75 Å². The lowest BCUT2D eigenvalue weighted by Crippen LogP contribution is -2.33. The standard InChI is InChI=1S/C26H30N6O3S2/c1-15(2)22(29-24(34)16-9-11-17(35-4)12-10-16)23-30-31-26(32(23)3)36-14-21(33)28-25-19(13-27)18-7-5-6-8-20(18)37-25/h9-12,15,22H,5-8,14H2,1-4H3,(H,28,33)(H,29,34). The summed E-state index contributed by atoms with van der Waals surface area (Å²) >= 11 is 2.78. The molecule has 37 heavy (non-hydrogen) atoms. The maximum Gasteiger partial charge on any atom is 0.251 e. The number of methoxy groups -OCH3 is 1. The number of carbonyl (C=O) groups is 2. The molecule has 9 nitrogen and oxygen atoms in total. The highest BCUT2D eigenvalue weighted by Gasteiger charge is 2.26. The van der Waals surface area contributed by atoms with Gasteiger partial charge in [-0.15, -0.1) is 21.5 Å². The van der Waals surface area contributed by atoms with E-state index in [9.17, 15) is 14.9 Å². The predicted octanol–water partition coefficient (Wildman–Crippen LogP) is 4.49. The number of aromatic nitrogens is 3. The van der Waals surface area contributed by atoms with Crippen molar-refractivity contribution in [2.45, 2.75) is 50.7 Å². The zero-order valence-electron chi connectivity index (χ0n) is 21.3. The van der Waals surface area contributed by atoms with Gasteiger partial charge >= 0.3 is 0 Å². The fourth-order valence-electron chi connectivity index (χ4n) is 4.28. The molecule has 2 aromatic heterocycles. The second kappa shape index (κ2) is 11.8. The predicted molar refractivity (Wildman–Crippen MR) is 144 cm³/mol. The van der Waals surface area contributed by atoms with Crippen molar-refractivity contribution in [1.82, 2.24) is 20.1 Å². The van der Waals surface area contributed by atoms with Crippen LogP contribution in [0.3, 0.4) is 0 Å². The van der Waals surface area contributed by atoms with Gasteiger partial charge in [-0.05, 0) is 61.4 Å². The number of carbonyl (C=O) groups excluding carboxylic acids is 2. The van der Waals surface area contributed by atoms with E-state index in [1.54, 1.807) is 31.4 Å². The van der Waals surface area contributed by atoms with Gasteiger partial charge in [-0.3, -0.25) is 9.59 Å². The summed E-state index contributed by atoms with van der Waals surface area (Å²) in [4.78, 5) is 26.8. The van der Waals surface area contributed by atoms with Crippen LogP contribution in [0.4, 0.5) is 5.00 Å². The fraction of sp³-hybridized carbons (Fsp3) is 0.423. The van der Waals surface area contributed by atoms with Gasteiger partial charge < -0.3 is 19.9 Å². The Morgan fingerprint density at radius 3 is 2.62 bits per heavy atom. The van der Waals surface area contributed by atoms with E-state index in [0.717, 1.165) is 31.2 Å². The summed E-state index contributed by atoms with van der Waals surface area (Å²) in [5.74, 6) is 1.06. The van der Waals surface area contributed by atoms with Gasteiger partial charge in [0.25, 0.3) is 5.91 Å². The molecular formula is C26H30N6O3S2. The third kappa shape index (κ3) is 5.97. The smallest absolute Gasteiger partial charge is 0.251 e. The molecule has 0 saturated heterocycles. The van der Waals surface area contributed by atoms with Crippen LogP contribution in [0.2, 0.25) is 0 Å². The number of nitrogens with zero attached hydrogens (tertiary/aromatic N) is 4. The summed E-state index contributed by atoms with van der Waals surface area (Å²) in [5.41, 5.74) is 2.22. The SMILES string of the molecule is COc1ccc(C(=O)NC(c2nnc(SCC(=O)Nc3sc4c(c3C#N)CCCC4)n2C)C(C)C)cc1. The summed E-state index contributed by atoms with van der Waals surface area (Å²) in [6.07, 6.45) is 4.06. The van der Waals surface area contributed by atoms with Crippen molar-refractivity contribution >= 4 is 39.9 Å². The average molecular weight is 539 g/mol. The average Bonchev–Trinajstić information content (AvgIpc) is 3.44. The lowest BCUT2D eigenvalue weighted by Gasteiger charge is -2.21. The van der Waals surface area contributed by atoms with Gasteiger partial charge in [-0.2, -0.15) is 5.26 Å². The van der Waals surface area contributed by atoms with Crippen LogP contribution in [0.15, 0.2) is 29.4 Å². The number of nitrogens with one attached hydrogen (secondary N) is 2. The molecule has 1 aliphatic carbocycles. The van der Waals surface area contributed by atoms with E-state index in [2.05, 4.69) is 26.9 Å². The first-order valence-electron chi connectivity index (χ1n) is 12.1. The molecule has 2 amide bonds. The Morgan fingerprint density at radius 1 is 1.22 bits per heavy atom. The number of amides is 2. The van der Waals surface area contributed by atoms with Gasteiger partial charge in [-0.1, -0.05) is 25.6 Å². The molecule has 2 heterocycles. The Morgan fingerprint density at radius 2 is 1.95 bits per heavy atom. The second-order valence-corrected chi connectivity index (χ2v) is 11.2. The Bertz CT molecular complexity index is 1320. The Kier molecular flexibility index (Phi) is 8.51. The number of ether oxygens (including phenoxy) is 1. The minimum atomic E-state index is -0.370. The van der Waals surface area contributed by atoms with Crippen molar-refractivity contribution in [3.8, 4) is 11.8 Å². The van der Waals surface area contributed by atoms with E-state index in [-0.39, 0.29) is 29.5 Å². The summed E-state index contributed by atoms with van der Waals surface area (Å²) in [7, 11) is 3.40. The van der Waals surface area contributed by atoms with Gasteiger partial charge in [0.1, 0.15) is 16.8 Å². The van der Waals surface area contributed by atoms with Crippen LogP contribution in [0, 0.1) is 17.2 Å². The van der Waals surface area contributed by atoms with Gasteiger partial charge in [-0.25, -0.2) is 0 Å². The van der Waals surface area contributed by atoms with Crippen LogP contribution in [0.25, 0.3) is 0 Å². The van der Waals surface area contributed by atoms with Crippen molar-refractivity contribution in [1.29, 1.82) is 5.26 Å². The van der Waals surface area contributed by atoms with Crippen LogP contribution in [0.1, 0.15) is 64.9 Å². The van der Waals surface area contributed by atoms with Crippen LogP contribution >= 0.6 is 23.1 Å². The van der Waals surface area contributed by atoms with E-state index in [4.69, 9.17) is 4.74 Å². The van der Waals surface area contributed by atoms with E-state index < -0.39 is 0 Å². The number of fused-ring (bicyclic) bond motifs is 1. The first-order valence-corrected chi connectivity index (χ1v) is 13.9. The zero-order chi connectivity index (χ0) is 26.5. The van der Waals surface area contributed by atoms with E-state index in [0.29, 0.717) is 32.9 Å². The molecule has 0 aliphatic heterocycles. The van der Waals surface area contributed by atoms with E-state index >= 15 is 0 Å². The number of aryl methyl sites for hydroxylation is 1. The first kappa shape index (κ1) is 26.7. The second-order valence-electron chi connectivity index (χ2n) is 9.19. The molecule has 3 aromatic rings. The van der Waals surface area contributed by atoms with Crippen molar-refractivity contribution < 1.29 is 14.3 Å². The van der Waals surface area contributed by atoms with E-state index in [1.807, 2.05) is 25.5 Å². The molecule has 0 fully saturated rings. The van der Waals surface area contributed by atoms with Crippen LogP contribution in [-0.4, -0.2) is 39.4 Å². The highest BCUT2D eigenvalue weighted by molar-refractivity contribution is 7.99. The first-order chi connectivity index (χ1) is 17.8. The summed E-state index contributed by atoms with van der Waals surface area (Å²) in [5, 5.41) is 25.4. The molecule has 1 atom stereocenters. The van der Waals surface area contributed by atoms with Gasteiger partial charge in [0.2, 0.25) is 5.91 Å². The largest absolute Gasteiger partial charge is 0.497 e. The lowest BCUT2D eigenvalue weighted by molar-refractivity contribution is -0.113. The number of nitriles is 1. The van der Waals surface area contributed by atoms with Crippen molar-refractivity contribution in [2.75, 3.05) is 18.2 Å². The molecule has 0 radical (unpaired) electrons.